The fourth-order valence-electron chi connectivity index (χ4n) is 2.03. The van der Waals surface area contributed by atoms with Crippen LogP contribution in [0.2, 0.25) is 0 Å². The van der Waals surface area contributed by atoms with Gasteiger partial charge in [0.15, 0.2) is 0 Å². The highest BCUT2D eigenvalue weighted by Gasteiger charge is 2.21. The molecular formula is C16H22N2OS. The quantitative estimate of drug-likeness (QED) is 0.901. The molecule has 0 bridgehead atoms. The zero-order chi connectivity index (χ0) is 14.8. The molecule has 108 valence electrons. The van der Waals surface area contributed by atoms with Crippen molar-refractivity contribution in [3.8, 4) is 16.3 Å². The van der Waals surface area contributed by atoms with Crippen molar-refractivity contribution in [2.45, 2.75) is 39.7 Å². The van der Waals surface area contributed by atoms with Gasteiger partial charge in [-0.2, -0.15) is 0 Å². The number of nitrogens with zero attached hydrogens (tertiary/aromatic N) is 1. The van der Waals surface area contributed by atoms with E-state index in [-0.39, 0.29) is 5.54 Å². The van der Waals surface area contributed by atoms with Crippen molar-refractivity contribution in [2.75, 3.05) is 6.61 Å². The lowest BCUT2D eigenvalue weighted by molar-refractivity contribution is 0.317. The maximum atomic E-state index is 6.18. The first-order valence-corrected chi connectivity index (χ1v) is 7.73. The zero-order valence-corrected chi connectivity index (χ0v) is 13.4. The van der Waals surface area contributed by atoms with Gasteiger partial charge in [0.25, 0.3) is 0 Å². The summed E-state index contributed by atoms with van der Waals surface area (Å²) >= 11 is 1.67. The van der Waals surface area contributed by atoms with Gasteiger partial charge in [-0.05, 0) is 51.5 Å². The molecule has 0 saturated carbocycles. The Morgan fingerprint density at radius 2 is 1.90 bits per heavy atom. The number of thiazole rings is 1. The monoisotopic (exact) mass is 290 g/mol. The lowest BCUT2D eigenvalue weighted by Crippen LogP contribution is -2.28. The minimum absolute atomic E-state index is 0.343. The molecule has 3 nitrogen and oxygen atoms in total. The molecule has 0 aliphatic rings. The standard InChI is InChI=1S/C16H22N2OS/c1-5-10-19-13-8-6-12(7-9-13)15-18-11(2)14(20-15)16(3,4)17/h6-9H,5,10,17H2,1-4H3. The molecule has 20 heavy (non-hydrogen) atoms. The van der Waals surface area contributed by atoms with Gasteiger partial charge in [0, 0.05) is 16.0 Å². The summed E-state index contributed by atoms with van der Waals surface area (Å²) in [4.78, 5) is 5.77. The van der Waals surface area contributed by atoms with Crippen LogP contribution in [0.3, 0.4) is 0 Å². The Morgan fingerprint density at radius 1 is 1.25 bits per heavy atom. The number of hydrogen-bond acceptors (Lipinski definition) is 4. The fraction of sp³-hybridized carbons (Fsp3) is 0.438. The largest absolute Gasteiger partial charge is 0.494 e. The van der Waals surface area contributed by atoms with Gasteiger partial charge >= 0.3 is 0 Å². The van der Waals surface area contributed by atoms with E-state index in [2.05, 4.69) is 24.0 Å². The molecule has 0 fully saturated rings. The van der Waals surface area contributed by atoms with E-state index in [1.165, 1.54) is 0 Å². The van der Waals surface area contributed by atoms with E-state index in [4.69, 9.17) is 10.5 Å². The highest BCUT2D eigenvalue weighted by Crippen LogP contribution is 2.33. The summed E-state index contributed by atoms with van der Waals surface area (Å²) in [5, 5.41) is 1.01. The summed E-state index contributed by atoms with van der Waals surface area (Å²) in [6.07, 6.45) is 1.02. The third kappa shape index (κ3) is 3.38. The van der Waals surface area contributed by atoms with Gasteiger partial charge in [0.2, 0.25) is 0 Å². The topological polar surface area (TPSA) is 48.1 Å². The number of hydrogen-bond donors (Lipinski definition) is 1. The lowest BCUT2D eigenvalue weighted by atomic mass is 10.0. The number of aromatic nitrogens is 1. The molecule has 1 aromatic heterocycles. The maximum absolute atomic E-state index is 6.18. The van der Waals surface area contributed by atoms with Crippen LogP contribution in [-0.4, -0.2) is 11.6 Å². The molecule has 2 rings (SSSR count). The third-order valence-electron chi connectivity index (χ3n) is 2.96. The first-order valence-electron chi connectivity index (χ1n) is 6.92. The van der Waals surface area contributed by atoms with E-state index >= 15 is 0 Å². The van der Waals surface area contributed by atoms with Crippen LogP contribution in [-0.2, 0) is 5.54 Å². The highest BCUT2D eigenvalue weighted by molar-refractivity contribution is 7.15. The fourth-order valence-corrected chi connectivity index (χ4v) is 3.12. The van der Waals surface area contributed by atoms with E-state index in [1.807, 2.05) is 32.9 Å². The van der Waals surface area contributed by atoms with Crippen LogP contribution in [0.25, 0.3) is 10.6 Å². The highest BCUT2D eigenvalue weighted by atomic mass is 32.1. The molecule has 0 spiro atoms. The average Bonchev–Trinajstić information content (AvgIpc) is 2.79. The average molecular weight is 290 g/mol. The van der Waals surface area contributed by atoms with Gasteiger partial charge in [0.1, 0.15) is 10.8 Å². The Labute approximate surface area is 124 Å². The molecule has 2 N–H and O–H groups in total. The predicted octanol–water partition coefficient (Wildman–Crippen LogP) is 4.10. The molecule has 1 aromatic carbocycles. The minimum atomic E-state index is -0.343. The summed E-state index contributed by atoms with van der Waals surface area (Å²) in [6.45, 7) is 8.89. The van der Waals surface area contributed by atoms with Crippen LogP contribution >= 0.6 is 11.3 Å². The predicted molar refractivity (Wildman–Crippen MR) is 85.3 cm³/mol. The lowest BCUT2D eigenvalue weighted by Gasteiger charge is -2.16. The normalized spacial score (nSPS) is 11.7. The smallest absolute Gasteiger partial charge is 0.123 e. The Morgan fingerprint density at radius 3 is 2.40 bits per heavy atom. The van der Waals surface area contributed by atoms with Crippen molar-refractivity contribution in [3.05, 3.63) is 34.8 Å². The van der Waals surface area contributed by atoms with E-state index in [0.29, 0.717) is 0 Å². The van der Waals surface area contributed by atoms with Crippen LogP contribution in [0, 0.1) is 6.92 Å². The molecule has 4 heteroatoms. The van der Waals surface area contributed by atoms with Crippen LogP contribution in [0.1, 0.15) is 37.8 Å². The van der Waals surface area contributed by atoms with E-state index in [1.54, 1.807) is 11.3 Å². The van der Waals surface area contributed by atoms with E-state index in [0.717, 1.165) is 39.9 Å². The number of benzene rings is 1. The zero-order valence-electron chi connectivity index (χ0n) is 12.6. The Hall–Kier alpha value is -1.39. The SMILES string of the molecule is CCCOc1ccc(-c2nc(C)c(C(C)(C)N)s2)cc1. The summed E-state index contributed by atoms with van der Waals surface area (Å²) in [5.41, 5.74) is 7.96. The van der Waals surface area contributed by atoms with E-state index in [9.17, 15) is 0 Å². The molecule has 0 radical (unpaired) electrons. The number of rotatable bonds is 5. The summed E-state index contributed by atoms with van der Waals surface area (Å²) in [5.74, 6) is 0.906. The molecule has 0 atom stereocenters. The Balaban J connectivity index is 2.24. The second-order valence-corrected chi connectivity index (χ2v) is 6.53. The first-order chi connectivity index (χ1) is 9.41. The van der Waals surface area contributed by atoms with Crippen LogP contribution in [0.4, 0.5) is 0 Å². The van der Waals surface area contributed by atoms with Crippen molar-refractivity contribution in [3.63, 3.8) is 0 Å². The molecular weight excluding hydrogens is 268 g/mol. The van der Waals surface area contributed by atoms with Gasteiger partial charge in [-0.25, -0.2) is 4.98 Å². The van der Waals surface area contributed by atoms with Crippen molar-refractivity contribution in [1.29, 1.82) is 0 Å². The molecule has 0 aliphatic carbocycles. The van der Waals surface area contributed by atoms with Crippen LogP contribution < -0.4 is 10.5 Å². The van der Waals surface area contributed by atoms with Crippen molar-refractivity contribution in [2.24, 2.45) is 5.73 Å². The molecule has 0 aliphatic heterocycles. The maximum Gasteiger partial charge on any atom is 0.123 e. The molecule has 0 unspecified atom stereocenters. The van der Waals surface area contributed by atoms with Gasteiger partial charge in [-0.3, -0.25) is 0 Å². The van der Waals surface area contributed by atoms with E-state index < -0.39 is 0 Å². The van der Waals surface area contributed by atoms with Gasteiger partial charge in [0.05, 0.1) is 12.3 Å². The Kier molecular flexibility index (Phi) is 4.45. The van der Waals surface area contributed by atoms with Gasteiger partial charge < -0.3 is 10.5 Å². The summed E-state index contributed by atoms with van der Waals surface area (Å²) in [6, 6.07) is 8.09. The number of ether oxygens (including phenoxy) is 1. The minimum Gasteiger partial charge on any atom is -0.494 e. The first kappa shape index (κ1) is 15.0. The van der Waals surface area contributed by atoms with Crippen LogP contribution in [0.5, 0.6) is 5.75 Å². The summed E-state index contributed by atoms with van der Waals surface area (Å²) < 4.78 is 5.59. The molecule has 1 heterocycles. The van der Waals surface area contributed by atoms with Crippen molar-refractivity contribution in [1.82, 2.24) is 4.98 Å². The van der Waals surface area contributed by atoms with Crippen molar-refractivity contribution < 1.29 is 4.74 Å². The number of nitrogens with two attached hydrogens (primary N) is 1. The second kappa shape index (κ2) is 5.94. The van der Waals surface area contributed by atoms with Crippen molar-refractivity contribution >= 4 is 11.3 Å². The summed E-state index contributed by atoms with van der Waals surface area (Å²) in [7, 11) is 0. The van der Waals surface area contributed by atoms with Gasteiger partial charge in [-0.1, -0.05) is 6.92 Å². The molecule has 0 saturated heterocycles. The number of aryl methyl sites for hydroxylation is 1. The molecule has 0 amide bonds. The van der Waals surface area contributed by atoms with Crippen LogP contribution in [0.15, 0.2) is 24.3 Å². The molecule has 2 aromatic rings. The third-order valence-corrected chi connectivity index (χ3v) is 4.50. The van der Waals surface area contributed by atoms with Gasteiger partial charge in [-0.15, -0.1) is 11.3 Å². The second-order valence-electron chi connectivity index (χ2n) is 5.53. The Bertz CT molecular complexity index is 567.